The molecule has 0 spiro atoms. The van der Waals surface area contributed by atoms with E-state index in [0.29, 0.717) is 12.6 Å². The number of carbonyl (C=O) groups excluding carboxylic acids is 1. The number of nitrogens with zero attached hydrogens (tertiary/aromatic N) is 1. The number of fused-ring (bicyclic) bond motifs is 1. The first-order valence-electron chi connectivity index (χ1n) is 8.96. The predicted octanol–water partition coefficient (Wildman–Crippen LogP) is 3.52. The van der Waals surface area contributed by atoms with Crippen molar-refractivity contribution < 1.29 is 9.90 Å². The summed E-state index contributed by atoms with van der Waals surface area (Å²) in [4.78, 5) is 13.6. The summed E-state index contributed by atoms with van der Waals surface area (Å²) in [5, 5.41) is 12.4. The van der Waals surface area contributed by atoms with Crippen LogP contribution in [0.4, 0.5) is 5.69 Å². The van der Waals surface area contributed by atoms with Crippen molar-refractivity contribution in [3.8, 4) is 0 Å². The van der Waals surface area contributed by atoms with Gasteiger partial charge in [-0.05, 0) is 48.1 Å². The summed E-state index contributed by atoms with van der Waals surface area (Å²) in [5.74, 6) is -0.0643. The largest absolute Gasteiger partial charge is 0.395 e. The summed E-state index contributed by atoms with van der Waals surface area (Å²) in [6.45, 7) is 3.06. The molecular formula is C21H26N2O2. The predicted molar refractivity (Wildman–Crippen MR) is 100 cm³/mol. The minimum absolute atomic E-state index is 0.0643. The Kier molecular flexibility index (Phi) is 5.84. The number of carbonyl (C=O) groups is 1. The fourth-order valence-electron chi connectivity index (χ4n) is 3.77. The molecule has 4 nitrogen and oxygen atoms in total. The van der Waals surface area contributed by atoms with Gasteiger partial charge in [-0.15, -0.1) is 0 Å². The second kappa shape index (κ2) is 8.28. The molecule has 2 aromatic carbocycles. The number of hydrogen-bond acceptors (Lipinski definition) is 3. The van der Waals surface area contributed by atoms with Gasteiger partial charge < -0.3 is 10.4 Å². The van der Waals surface area contributed by atoms with Gasteiger partial charge >= 0.3 is 0 Å². The Morgan fingerprint density at radius 3 is 2.88 bits per heavy atom. The molecule has 0 heterocycles. The summed E-state index contributed by atoms with van der Waals surface area (Å²) < 4.78 is 0. The molecule has 1 aliphatic rings. The molecule has 4 heteroatoms. The average molecular weight is 338 g/mol. The van der Waals surface area contributed by atoms with E-state index in [9.17, 15) is 9.90 Å². The van der Waals surface area contributed by atoms with Gasteiger partial charge in [0.15, 0.2) is 0 Å². The topological polar surface area (TPSA) is 52.6 Å². The number of aliphatic hydroxyl groups is 1. The third-order valence-corrected chi connectivity index (χ3v) is 4.80. The van der Waals surface area contributed by atoms with E-state index in [1.165, 1.54) is 24.5 Å². The van der Waals surface area contributed by atoms with E-state index < -0.39 is 0 Å². The summed E-state index contributed by atoms with van der Waals surface area (Å²) in [6, 6.07) is 16.9. The number of anilines is 1. The van der Waals surface area contributed by atoms with Crippen molar-refractivity contribution in [1.82, 2.24) is 4.90 Å². The highest BCUT2D eigenvalue weighted by atomic mass is 16.3. The van der Waals surface area contributed by atoms with Gasteiger partial charge in [-0.1, -0.05) is 36.4 Å². The first-order chi connectivity index (χ1) is 12.2. The Labute approximate surface area is 149 Å². The quantitative estimate of drug-likeness (QED) is 0.847. The molecule has 0 bridgehead atoms. The molecule has 2 N–H and O–H groups in total. The van der Waals surface area contributed by atoms with Crippen LogP contribution in [0.5, 0.6) is 0 Å². The fourth-order valence-corrected chi connectivity index (χ4v) is 3.77. The maximum atomic E-state index is 11.3. The fraction of sp³-hybridized carbons (Fsp3) is 0.381. The lowest BCUT2D eigenvalue weighted by molar-refractivity contribution is -0.114. The van der Waals surface area contributed by atoms with Gasteiger partial charge in [-0.25, -0.2) is 0 Å². The minimum Gasteiger partial charge on any atom is -0.395 e. The summed E-state index contributed by atoms with van der Waals surface area (Å²) in [7, 11) is 0. The van der Waals surface area contributed by atoms with E-state index >= 15 is 0 Å². The van der Waals surface area contributed by atoms with Crippen LogP contribution in [0.1, 0.15) is 42.5 Å². The zero-order valence-electron chi connectivity index (χ0n) is 14.7. The van der Waals surface area contributed by atoms with Crippen molar-refractivity contribution in [2.24, 2.45) is 0 Å². The van der Waals surface area contributed by atoms with Crippen molar-refractivity contribution in [2.45, 2.75) is 38.8 Å². The monoisotopic (exact) mass is 338 g/mol. The summed E-state index contributed by atoms with van der Waals surface area (Å²) in [6.07, 6.45) is 3.43. The summed E-state index contributed by atoms with van der Waals surface area (Å²) >= 11 is 0. The molecule has 25 heavy (non-hydrogen) atoms. The van der Waals surface area contributed by atoms with Gasteiger partial charge in [0.1, 0.15) is 0 Å². The van der Waals surface area contributed by atoms with E-state index in [1.807, 2.05) is 18.2 Å². The standard InChI is InChI=1S/C21H26N2O2/c1-16(25)22-19-9-4-6-17(14-19)15-23(12-13-24)21-11-5-8-18-7-2-3-10-20(18)21/h2-4,6-7,9-10,14,21,24H,5,8,11-13,15H2,1H3,(H,22,25). The maximum absolute atomic E-state index is 11.3. The third-order valence-electron chi connectivity index (χ3n) is 4.80. The molecule has 1 amide bonds. The SMILES string of the molecule is CC(=O)Nc1cccc(CN(CCO)C2CCCc3ccccc32)c1. The molecule has 1 unspecified atom stereocenters. The Balaban J connectivity index is 1.82. The highest BCUT2D eigenvalue weighted by Gasteiger charge is 2.25. The number of hydrogen-bond donors (Lipinski definition) is 2. The molecule has 1 aliphatic carbocycles. The van der Waals surface area contributed by atoms with E-state index in [2.05, 4.69) is 40.5 Å². The third kappa shape index (κ3) is 4.47. The van der Waals surface area contributed by atoms with Crippen LogP contribution in [0.25, 0.3) is 0 Å². The van der Waals surface area contributed by atoms with Crippen molar-refractivity contribution in [2.75, 3.05) is 18.5 Å². The van der Waals surface area contributed by atoms with Crippen LogP contribution in [0.3, 0.4) is 0 Å². The van der Waals surface area contributed by atoms with Gasteiger partial charge in [-0.2, -0.15) is 0 Å². The van der Waals surface area contributed by atoms with E-state index in [1.54, 1.807) is 0 Å². The first-order valence-corrected chi connectivity index (χ1v) is 8.96. The zero-order valence-corrected chi connectivity index (χ0v) is 14.7. The number of aryl methyl sites for hydroxylation is 1. The molecule has 0 radical (unpaired) electrons. The molecule has 1 atom stereocenters. The van der Waals surface area contributed by atoms with Crippen LogP contribution in [-0.4, -0.2) is 29.1 Å². The minimum atomic E-state index is -0.0643. The Morgan fingerprint density at radius 1 is 1.24 bits per heavy atom. The highest BCUT2D eigenvalue weighted by molar-refractivity contribution is 5.88. The van der Waals surface area contributed by atoms with E-state index in [-0.39, 0.29) is 12.5 Å². The van der Waals surface area contributed by atoms with Crippen LogP contribution < -0.4 is 5.32 Å². The van der Waals surface area contributed by atoms with Crippen LogP contribution in [0.15, 0.2) is 48.5 Å². The van der Waals surface area contributed by atoms with Crippen molar-refractivity contribution in [1.29, 1.82) is 0 Å². The highest BCUT2D eigenvalue weighted by Crippen LogP contribution is 2.35. The first kappa shape index (κ1) is 17.6. The molecule has 0 saturated carbocycles. The van der Waals surface area contributed by atoms with Crippen LogP contribution in [-0.2, 0) is 17.8 Å². The second-order valence-electron chi connectivity index (χ2n) is 6.68. The average Bonchev–Trinajstić information content (AvgIpc) is 2.61. The number of rotatable bonds is 6. The molecular weight excluding hydrogens is 312 g/mol. The normalized spacial score (nSPS) is 16.5. The van der Waals surface area contributed by atoms with Crippen molar-refractivity contribution in [3.63, 3.8) is 0 Å². The van der Waals surface area contributed by atoms with Gasteiger partial charge in [0.25, 0.3) is 0 Å². The molecule has 0 aliphatic heterocycles. The number of aliphatic hydroxyl groups excluding tert-OH is 1. The Hall–Kier alpha value is -2.17. The smallest absolute Gasteiger partial charge is 0.221 e. The van der Waals surface area contributed by atoms with Crippen LogP contribution in [0, 0.1) is 0 Å². The lowest BCUT2D eigenvalue weighted by Crippen LogP contribution is -2.33. The molecule has 0 aromatic heterocycles. The molecule has 2 aromatic rings. The second-order valence-corrected chi connectivity index (χ2v) is 6.68. The van der Waals surface area contributed by atoms with E-state index in [0.717, 1.165) is 30.6 Å². The molecule has 0 fully saturated rings. The molecule has 132 valence electrons. The lowest BCUT2D eigenvalue weighted by atomic mass is 9.86. The van der Waals surface area contributed by atoms with Gasteiger partial charge in [0.2, 0.25) is 5.91 Å². The molecule has 0 saturated heterocycles. The number of nitrogens with one attached hydrogen (secondary N) is 1. The zero-order chi connectivity index (χ0) is 17.6. The molecule has 3 rings (SSSR count). The van der Waals surface area contributed by atoms with Crippen LogP contribution >= 0.6 is 0 Å². The Bertz CT molecular complexity index is 729. The van der Waals surface area contributed by atoms with Gasteiger partial charge in [-0.3, -0.25) is 9.69 Å². The van der Waals surface area contributed by atoms with Gasteiger partial charge in [0, 0.05) is 31.7 Å². The van der Waals surface area contributed by atoms with Gasteiger partial charge in [0.05, 0.1) is 6.61 Å². The van der Waals surface area contributed by atoms with Crippen LogP contribution in [0.2, 0.25) is 0 Å². The maximum Gasteiger partial charge on any atom is 0.221 e. The number of amides is 1. The van der Waals surface area contributed by atoms with E-state index in [4.69, 9.17) is 0 Å². The number of benzene rings is 2. The van der Waals surface area contributed by atoms with Crippen molar-refractivity contribution in [3.05, 3.63) is 65.2 Å². The Morgan fingerprint density at radius 2 is 2.08 bits per heavy atom. The summed E-state index contributed by atoms with van der Waals surface area (Å²) in [5.41, 5.74) is 4.77. The lowest BCUT2D eigenvalue weighted by Gasteiger charge is -2.35. The van der Waals surface area contributed by atoms with Crippen molar-refractivity contribution >= 4 is 11.6 Å².